The van der Waals surface area contributed by atoms with Gasteiger partial charge in [0, 0.05) is 25.8 Å². The highest BCUT2D eigenvalue weighted by Crippen LogP contribution is 2.21. The lowest BCUT2D eigenvalue weighted by atomic mass is 10.1. The molecule has 0 saturated heterocycles. The molecule has 1 N–H and O–H groups in total. The molecule has 0 unspecified atom stereocenters. The van der Waals surface area contributed by atoms with E-state index in [-0.39, 0.29) is 5.82 Å². The molecule has 0 aliphatic rings. The van der Waals surface area contributed by atoms with Gasteiger partial charge in [-0.15, -0.1) is 0 Å². The zero-order valence-electron chi connectivity index (χ0n) is 11.8. The van der Waals surface area contributed by atoms with Gasteiger partial charge in [0.2, 0.25) is 0 Å². The van der Waals surface area contributed by atoms with E-state index in [2.05, 4.69) is 31.1 Å². The van der Waals surface area contributed by atoms with Crippen molar-refractivity contribution in [2.45, 2.75) is 39.7 Å². The Morgan fingerprint density at radius 3 is 2.67 bits per heavy atom. The van der Waals surface area contributed by atoms with Crippen molar-refractivity contribution in [3.05, 3.63) is 29.6 Å². The third-order valence-corrected chi connectivity index (χ3v) is 3.04. The maximum absolute atomic E-state index is 13.3. The molecule has 0 atom stereocenters. The van der Waals surface area contributed by atoms with Gasteiger partial charge >= 0.3 is 0 Å². The molecule has 0 heterocycles. The molecule has 102 valence electrons. The summed E-state index contributed by atoms with van der Waals surface area (Å²) in [5, 5.41) is 3.34. The van der Waals surface area contributed by atoms with E-state index < -0.39 is 0 Å². The van der Waals surface area contributed by atoms with E-state index in [1.807, 2.05) is 6.07 Å². The Hall–Kier alpha value is -1.09. The van der Waals surface area contributed by atoms with Crippen LogP contribution in [0.5, 0.6) is 0 Å². The maximum Gasteiger partial charge on any atom is 0.123 e. The predicted octanol–water partition coefficient (Wildman–Crippen LogP) is 3.56. The van der Waals surface area contributed by atoms with E-state index in [0.29, 0.717) is 0 Å². The van der Waals surface area contributed by atoms with Crippen LogP contribution in [0, 0.1) is 5.82 Å². The highest BCUT2D eigenvalue weighted by atomic mass is 19.1. The highest BCUT2D eigenvalue weighted by Gasteiger charge is 2.08. The molecule has 3 heteroatoms. The largest absolute Gasteiger partial charge is 0.374 e. The second kappa shape index (κ2) is 8.09. The van der Waals surface area contributed by atoms with Crippen molar-refractivity contribution in [1.82, 2.24) is 5.32 Å². The van der Waals surface area contributed by atoms with Crippen LogP contribution in [0.1, 0.15) is 38.7 Å². The Kier molecular flexibility index (Phi) is 6.73. The average molecular weight is 252 g/mol. The lowest BCUT2D eigenvalue weighted by molar-refractivity contribution is 0.618. The van der Waals surface area contributed by atoms with Gasteiger partial charge in [0.05, 0.1) is 0 Å². The molecule has 18 heavy (non-hydrogen) atoms. The standard InChI is InChI=1S/C15H25FN2/c1-4-6-10-18(3)15-8-7-14(16)11-13(15)12-17-9-5-2/h7-8,11,17H,4-6,9-10,12H2,1-3H3. The molecule has 1 rings (SSSR count). The molecule has 1 aromatic carbocycles. The average Bonchev–Trinajstić information content (AvgIpc) is 2.36. The van der Waals surface area contributed by atoms with Gasteiger partial charge in [0.15, 0.2) is 0 Å². The summed E-state index contributed by atoms with van der Waals surface area (Å²) in [4.78, 5) is 2.21. The second-order valence-corrected chi connectivity index (χ2v) is 4.72. The SMILES string of the molecule is CCCCN(C)c1ccc(F)cc1CNCCC. The molecule has 0 saturated carbocycles. The number of nitrogens with one attached hydrogen (secondary N) is 1. The van der Waals surface area contributed by atoms with E-state index in [4.69, 9.17) is 0 Å². The normalized spacial score (nSPS) is 10.7. The minimum Gasteiger partial charge on any atom is -0.374 e. The predicted molar refractivity (Wildman–Crippen MR) is 76.6 cm³/mol. The zero-order valence-corrected chi connectivity index (χ0v) is 11.8. The maximum atomic E-state index is 13.3. The molecule has 0 aliphatic carbocycles. The zero-order chi connectivity index (χ0) is 13.4. The number of unbranched alkanes of at least 4 members (excludes halogenated alkanes) is 1. The number of rotatable bonds is 8. The molecule has 0 spiro atoms. The summed E-state index contributed by atoms with van der Waals surface area (Å²) in [6.07, 6.45) is 3.43. The summed E-state index contributed by atoms with van der Waals surface area (Å²) in [7, 11) is 2.08. The van der Waals surface area contributed by atoms with Crippen LogP contribution in [0.2, 0.25) is 0 Å². The molecule has 0 amide bonds. The lowest BCUT2D eigenvalue weighted by Gasteiger charge is -2.22. The quantitative estimate of drug-likeness (QED) is 0.712. The number of anilines is 1. The fourth-order valence-corrected chi connectivity index (χ4v) is 1.98. The number of benzene rings is 1. The van der Waals surface area contributed by atoms with Gasteiger partial charge in [-0.3, -0.25) is 0 Å². The smallest absolute Gasteiger partial charge is 0.123 e. The number of nitrogens with zero attached hydrogens (tertiary/aromatic N) is 1. The molecular formula is C15H25FN2. The van der Waals surface area contributed by atoms with E-state index in [1.54, 1.807) is 12.1 Å². The van der Waals surface area contributed by atoms with Crippen LogP contribution in [-0.2, 0) is 6.54 Å². The van der Waals surface area contributed by atoms with Gasteiger partial charge in [-0.2, -0.15) is 0 Å². The Bertz CT molecular complexity index is 352. The third kappa shape index (κ3) is 4.65. The molecular weight excluding hydrogens is 227 g/mol. The van der Waals surface area contributed by atoms with Gasteiger partial charge in [0.25, 0.3) is 0 Å². The van der Waals surface area contributed by atoms with Crippen molar-refractivity contribution < 1.29 is 4.39 Å². The number of halogens is 1. The van der Waals surface area contributed by atoms with Crippen LogP contribution in [0.3, 0.4) is 0 Å². The summed E-state index contributed by atoms with van der Waals surface area (Å²) in [5.41, 5.74) is 2.18. The van der Waals surface area contributed by atoms with Crippen molar-refractivity contribution >= 4 is 5.69 Å². The lowest BCUT2D eigenvalue weighted by Crippen LogP contribution is -2.22. The molecule has 0 radical (unpaired) electrons. The first-order valence-electron chi connectivity index (χ1n) is 6.89. The van der Waals surface area contributed by atoms with Gasteiger partial charge in [-0.25, -0.2) is 4.39 Å². The first-order valence-corrected chi connectivity index (χ1v) is 6.89. The topological polar surface area (TPSA) is 15.3 Å². The van der Waals surface area contributed by atoms with Crippen molar-refractivity contribution in [2.24, 2.45) is 0 Å². The van der Waals surface area contributed by atoms with Crippen molar-refractivity contribution in [1.29, 1.82) is 0 Å². The minimum atomic E-state index is -0.157. The Morgan fingerprint density at radius 1 is 1.22 bits per heavy atom. The van der Waals surface area contributed by atoms with Crippen molar-refractivity contribution in [3.63, 3.8) is 0 Å². The van der Waals surface area contributed by atoms with Crippen LogP contribution in [-0.4, -0.2) is 20.1 Å². The van der Waals surface area contributed by atoms with Gasteiger partial charge in [0.1, 0.15) is 5.82 Å². The van der Waals surface area contributed by atoms with Gasteiger partial charge in [-0.1, -0.05) is 20.3 Å². The Labute approximate surface area is 110 Å². The first-order chi connectivity index (χ1) is 8.69. The highest BCUT2D eigenvalue weighted by molar-refractivity contribution is 5.53. The van der Waals surface area contributed by atoms with Gasteiger partial charge in [-0.05, 0) is 43.1 Å². The van der Waals surface area contributed by atoms with Crippen LogP contribution in [0.25, 0.3) is 0 Å². The minimum absolute atomic E-state index is 0.157. The summed E-state index contributed by atoms with van der Waals surface area (Å²) >= 11 is 0. The number of hydrogen-bond donors (Lipinski definition) is 1. The molecule has 1 aromatic rings. The van der Waals surface area contributed by atoms with Crippen LogP contribution < -0.4 is 10.2 Å². The molecule has 0 aromatic heterocycles. The van der Waals surface area contributed by atoms with E-state index in [0.717, 1.165) is 43.7 Å². The van der Waals surface area contributed by atoms with Crippen molar-refractivity contribution in [3.8, 4) is 0 Å². The first kappa shape index (κ1) is 15.0. The van der Waals surface area contributed by atoms with Gasteiger partial charge < -0.3 is 10.2 Å². The van der Waals surface area contributed by atoms with Crippen LogP contribution in [0.4, 0.5) is 10.1 Å². The molecule has 0 aliphatic heterocycles. The summed E-state index contributed by atoms with van der Waals surface area (Å²) < 4.78 is 13.3. The van der Waals surface area contributed by atoms with E-state index in [1.165, 1.54) is 6.42 Å². The van der Waals surface area contributed by atoms with Crippen molar-refractivity contribution in [2.75, 3.05) is 25.0 Å². The monoisotopic (exact) mass is 252 g/mol. The Balaban J connectivity index is 2.74. The fraction of sp³-hybridized carbons (Fsp3) is 0.600. The van der Waals surface area contributed by atoms with Crippen LogP contribution in [0.15, 0.2) is 18.2 Å². The molecule has 0 bridgehead atoms. The summed E-state index contributed by atoms with van der Waals surface area (Å²) in [6, 6.07) is 5.06. The van der Waals surface area contributed by atoms with E-state index >= 15 is 0 Å². The van der Waals surface area contributed by atoms with Crippen LogP contribution >= 0.6 is 0 Å². The van der Waals surface area contributed by atoms with E-state index in [9.17, 15) is 4.39 Å². The second-order valence-electron chi connectivity index (χ2n) is 4.72. The molecule has 2 nitrogen and oxygen atoms in total. The molecule has 0 fully saturated rings. The third-order valence-electron chi connectivity index (χ3n) is 3.04. The summed E-state index contributed by atoms with van der Waals surface area (Å²) in [5.74, 6) is -0.157. The Morgan fingerprint density at radius 2 is 2.00 bits per heavy atom. The fourth-order valence-electron chi connectivity index (χ4n) is 1.98. The number of hydrogen-bond acceptors (Lipinski definition) is 2. The summed E-state index contributed by atoms with van der Waals surface area (Å²) in [6.45, 7) is 7.03.